The van der Waals surface area contributed by atoms with Crippen LogP contribution in [0.15, 0.2) is 146 Å². The van der Waals surface area contributed by atoms with Crippen LogP contribution in [0.2, 0.25) is 0 Å². The third-order valence-corrected chi connectivity index (χ3v) is 16.2. The van der Waals surface area contributed by atoms with E-state index in [0.29, 0.717) is 115 Å². The molecular formula is C64H24F24N6. The van der Waals surface area contributed by atoms with Gasteiger partial charge in [0.25, 0.3) is 0 Å². The SMILES string of the molecule is N#Cc1c(-n2c3cc(C(F)(F)F)ccc3c3ccc(C(F)(F)F)cc32)c(-n2c3cc(C(F)(F)F)ccc3c3ccc(C(F)(F)F)cc32)c(C#N)c(-n2c3cc(C(F)(F)F)ccc3c3ccc(C(F)(F)F)cc32)c1-n1c2cc(C(F)(F)F)ccc2c2ccc(C(F)(F)F)cc21. The van der Waals surface area contributed by atoms with Crippen molar-refractivity contribution in [2.75, 3.05) is 0 Å². The topological polar surface area (TPSA) is 67.3 Å². The van der Waals surface area contributed by atoms with Gasteiger partial charge in [0, 0.05) is 43.1 Å². The number of alkyl halides is 24. The summed E-state index contributed by atoms with van der Waals surface area (Å²) in [4.78, 5) is 0. The van der Waals surface area contributed by atoms with Crippen LogP contribution in [0.5, 0.6) is 0 Å². The molecule has 6 nitrogen and oxygen atoms in total. The summed E-state index contributed by atoms with van der Waals surface area (Å²) in [5, 5.41) is 20.1. The smallest absolute Gasteiger partial charge is 0.306 e. The van der Waals surface area contributed by atoms with E-state index in [1.54, 1.807) is 12.1 Å². The highest BCUT2D eigenvalue weighted by Crippen LogP contribution is 2.53. The lowest BCUT2D eigenvalue weighted by Crippen LogP contribution is -2.18. The molecule has 0 saturated carbocycles. The van der Waals surface area contributed by atoms with Crippen LogP contribution in [-0.4, -0.2) is 18.3 Å². The van der Waals surface area contributed by atoms with Crippen molar-refractivity contribution in [2.45, 2.75) is 49.4 Å². The number of hydrogen-bond donors (Lipinski definition) is 0. The van der Waals surface area contributed by atoms with Gasteiger partial charge in [-0.3, -0.25) is 0 Å². The highest BCUT2D eigenvalue weighted by Gasteiger charge is 2.42. The molecule has 0 unspecified atom stereocenters. The lowest BCUT2D eigenvalue weighted by molar-refractivity contribution is -0.138. The molecule has 0 aliphatic rings. The number of nitriles is 2. The van der Waals surface area contributed by atoms with Gasteiger partial charge in [0.05, 0.1) is 111 Å². The molecule has 0 saturated heterocycles. The Balaban J connectivity index is 1.45. The lowest BCUT2D eigenvalue weighted by atomic mass is 9.98. The van der Waals surface area contributed by atoms with Crippen LogP contribution >= 0.6 is 0 Å². The number of aromatic nitrogens is 4. The molecule has 0 amide bonds. The van der Waals surface area contributed by atoms with Gasteiger partial charge in [-0.05, 0) is 97.1 Å². The first kappa shape index (κ1) is 62.3. The number of benzene rings is 9. The van der Waals surface area contributed by atoms with Gasteiger partial charge in [-0.25, -0.2) is 0 Å². The number of hydrogen-bond acceptors (Lipinski definition) is 2. The molecule has 30 heteroatoms. The Morgan fingerprint density at radius 3 is 0.415 bits per heavy atom. The second-order valence-electron chi connectivity index (χ2n) is 21.5. The summed E-state index contributed by atoms with van der Waals surface area (Å²) < 4.78 is 366. The van der Waals surface area contributed by atoms with Gasteiger partial charge in [0.1, 0.15) is 23.3 Å². The van der Waals surface area contributed by atoms with Gasteiger partial charge >= 0.3 is 49.4 Å². The van der Waals surface area contributed by atoms with Gasteiger partial charge in [-0.2, -0.15) is 116 Å². The largest absolute Gasteiger partial charge is 0.416 e. The van der Waals surface area contributed by atoms with Crippen LogP contribution in [-0.2, 0) is 49.4 Å². The van der Waals surface area contributed by atoms with Gasteiger partial charge in [-0.1, -0.05) is 48.5 Å². The minimum absolute atomic E-state index is 0.207. The highest BCUT2D eigenvalue weighted by atomic mass is 19.4. The van der Waals surface area contributed by atoms with E-state index in [1.807, 2.05) is 0 Å². The van der Waals surface area contributed by atoms with Crippen molar-refractivity contribution in [3.8, 4) is 34.9 Å². The number of nitrogens with zero attached hydrogens (tertiary/aromatic N) is 6. The fourth-order valence-corrected chi connectivity index (χ4v) is 12.2. The molecular weight excluding hydrogens is 1310 g/mol. The second-order valence-corrected chi connectivity index (χ2v) is 21.5. The maximum Gasteiger partial charge on any atom is 0.416 e. The molecule has 478 valence electrons. The van der Waals surface area contributed by atoms with Gasteiger partial charge in [0.15, 0.2) is 0 Å². The van der Waals surface area contributed by atoms with E-state index in [2.05, 4.69) is 0 Å². The van der Waals surface area contributed by atoms with Crippen LogP contribution < -0.4 is 0 Å². The molecule has 0 bridgehead atoms. The van der Waals surface area contributed by atoms with Crippen LogP contribution in [0.3, 0.4) is 0 Å². The summed E-state index contributed by atoms with van der Waals surface area (Å²) in [5.41, 5.74) is -30.8. The maximum absolute atomic E-state index is 15.2. The summed E-state index contributed by atoms with van der Waals surface area (Å²) in [6.07, 6.45) is -43.8. The van der Waals surface area contributed by atoms with E-state index in [-0.39, 0.29) is 48.5 Å². The molecule has 0 aliphatic heterocycles. The second kappa shape index (κ2) is 20.0. The average molecular weight is 1330 g/mol. The van der Waals surface area contributed by atoms with E-state index in [0.717, 1.165) is 0 Å². The summed E-state index contributed by atoms with van der Waals surface area (Å²) in [7, 11) is 0. The van der Waals surface area contributed by atoms with E-state index in [1.165, 1.54) is 0 Å². The zero-order valence-corrected chi connectivity index (χ0v) is 45.6. The van der Waals surface area contributed by atoms with Crippen molar-refractivity contribution < 1.29 is 105 Å². The van der Waals surface area contributed by atoms with Crippen molar-refractivity contribution in [1.82, 2.24) is 18.3 Å². The van der Waals surface area contributed by atoms with E-state index in [9.17, 15) is 10.5 Å². The van der Waals surface area contributed by atoms with Gasteiger partial charge in [-0.15, -0.1) is 0 Å². The Morgan fingerprint density at radius 2 is 0.319 bits per heavy atom. The molecule has 0 N–H and O–H groups in total. The standard InChI is InChI=1S/C64H24F24N6/c65-57(66,67)27-1-9-35-36-10-2-28(58(68,69)70)18-46(36)91(45(35)17-27)53-43(25-89)55(93-49-21-31(61(77,78)79)5-13-39(49)40-14-6-32(22-50(40)93)62(80,81)82)56(94-51-23-33(63(83,84)85)7-15-41(51)42-16-8-34(24-52(42)94)64(86,87)88)44(26-90)54(53)92-47-19-29(59(71,72)73)3-11-37(47)38-12-4-30(20-48(38)92)60(74,75)76/h1-24H. The summed E-state index contributed by atoms with van der Waals surface area (Å²) in [6, 6.07) is 13.1. The summed E-state index contributed by atoms with van der Waals surface area (Å²) >= 11 is 0. The molecule has 9 aromatic carbocycles. The quantitative estimate of drug-likeness (QED) is 0.165. The monoisotopic (exact) mass is 1330 g/mol. The zero-order valence-electron chi connectivity index (χ0n) is 45.6. The summed E-state index contributed by atoms with van der Waals surface area (Å²) in [5.74, 6) is 0. The minimum Gasteiger partial charge on any atom is -0.306 e. The van der Waals surface area contributed by atoms with Gasteiger partial charge in [0.2, 0.25) is 0 Å². The van der Waals surface area contributed by atoms with Crippen molar-refractivity contribution in [3.63, 3.8) is 0 Å². The molecule has 0 atom stereocenters. The van der Waals surface area contributed by atoms with E-state index >= 15 is 105 Å². The van der Waals surface area contributed by atoms with Crippen molar-refractivity contribution in [1.29, 1.82) is 10.5 Å². The predicted octanol–water partition coefficient (Wildman–Crippen LogP) is 22.0. The fraction of sp³-hybridized carbons (Fsp3) is 0.125. The molecule has 0 spiro atoms. The first-order chi connectivity index (χ1) is 43.6. The Morgan fingerprint density at radius 1 is 0.202 bits per heavy atom. The maximum atomic E-state index is 15.2. The molecule has 94 heavy (non-hydrogen) atoms. The van der Waals surface area contributed by atoms with E-state index < -0.39 is 215 Å². The Hall–Kier alpha value is -10.5. The third kappa shape index (κ3) is 9.68. The van der Waals surface area contributed by atoms with Crippen LogP contribution in [0.4, 0.5) is 105 Å². The average Bonchev–Trinajstić information content (AvgIpc) is 1.47. The first-order valence-electron chi connectivity index (χ1n) is 26.6. The zero-order chi connectivity index (χ0) is 68.0. The van der Waals surface area contributed by atoms with Crippen molar-refractivity contribution in [2.24, 2.45) is 0 Å². The fourth-order valence-electron chi connectivity index (χ4n) is 12.2. The number of halogens is 24. The molecule has 0 aliphatic carbocycles. The molecule has 0 fully saturated rings. The molecule has 4 aromatic heterocycles. The normalized spacial score (nSPS) is 13.5. The molecule has 0 radical (unpaired) electrons. The first-order valence-corrected chi connectivity index (χ1v) is 26.6. The highest BCUT2D eigenvalue weighted by molar-refractivity contribution is 6.16. The Kier molecular flexibility index (Phi) is 13.3. The number of rotatable bonds is 4. The molecule has 4 heterocycles. The molecule has 13 rings (SSSR count). The minimum atomic E-state index is -5.48. The van der Waals surface area contributed by atoms with Crippen LogP contribution in [0, 0.1) is 22.7 Å². The van der Waals surface area contributed by atoms with Crippen molar-refractivity contribution in [3.05, 3.63) is 201 Å². The Labute approximate surface area is 505 Å². The van der Waals surface area contributed by atoms with Crippen LogP contribution in [0.1, 0.15) is 55.6 Å². The number of fused-ring (bicyclic) bond motifs is 12. The lowest BCUT2D eigenvalue weighted by Gasteiger charge is -2.27. The van der Waals surface area contributed by atoms with Gasteiger partial charge < -0.3 is 18.3 Å². The Bertz CT molecular complexity index is 4570. The van der Waals surface area contributed by atoms with E-state index in [4.69, 9.17) is 0 Å². The third-order valence-electron chi connectivity index (χ3n) is 16.2. The molecule has 13 aromatic rings. The summed E-state index contributed by atoms with van der Waals surface area (Å²) in [6.45, 7) is 0. The van der Waals surface area contributed by atoms with Crippen LogP contribution in [0.25, 0.3) is 110 Å². The predicted molar refractivity (Wildman–Crippen MR) is 293 cm³/mol. The van der Waals surface area contributed by atoms with Crippen molar-refractivity contribution >= 4 is 87.2 Å².